The molecule has 0 aromatic heterocycles. The molecule has 2 unspecified atom stereocenters. The summed E-state index contributed by atoms with van der Waals surface area (Å²) in [5, 5.41) is 2.95. The second-order valence-corrected chi connectivity index (χ2v) is 5.08. The average molecular weight is 210 g/mol. The van der Waals surface area contributed by atoms with E-state index in [9.17, 15) is 9.59 Å². The number of fused-ring (bicyclic) bond motifs is 1. The second kappa shape index (κ2) is 3.22. The summed E-state index contributed by atoms with van der Waals surface area (Å²) in [5.74, 6) is 0.00347. The van der Waals surface area contributed by atoms with Crippen LogP contribution in [-0.2, 0) is 4.79 Å². The van der Waals surface area contributed by atoms with Gasteiger partial charge in [-0.2, -0.15) is 0 Å². The molecule has 0 bridgehead atoms. The lowest BCUT2D eigenvalue weighted by Crippen LogP contribution is -2.64. The molecule has 3 amide bonds. The summed E-state index contributed by atoms with van der Waals surface area (Å²) in [6.07, 6.45) is 2.85. The van der Waals surface area contributed by atoms with Gasteiger partial charge in [0.1, 0.15) is 0 Å². The van der Waals surface area contributed by atoms with E-state index in [1.807, 2.05) is 20.8 Å². The first-order chi connectivity index (χ1) is 6.97. The number of hydrogen-bond donors (Lipinski definition) is 1. The average Bonchev–Trinajstić information content (AvgIpc) is 2.48. The summed E-state index contributed by atoms with van der Waals surface area (Å²) < 4.78 is 0. The van der Waals surface area contributed by atoms with Crippen molar-refractivity contribution in [3.63, 3.8) is 0 Å². The smallest absolute Gasteiger partial charge is 0.324 e. The molecule has 0 aromatic rings. The van der Waals surface area contributed by atoms with Gasteiger partial charge in [0.05, 0.1) is 5.41 Å². The van der Waals surface area contributed by atoms with Crippen molar-refractivity contribution in [2.45, 2.75) is 52.1 Å². The highest BCUT2D eigenvalue weighted by Crippen LogP contribution is 2.42. The molecular weight excluding hydrogens is 192 g/mol. The van der Waals surface area contributed by atoms with Gasteiger partial charge < -0.3 is 5.32 Å². The van der Waals surface area contributed by atoms with Crippen LogP contribution in [-0.4, -0.2) is 28.9 Å². The van der Waals surface area contributed by atoms with Crippen LogP contribution < -0.4 is 5.32 Å². The molecule has 1 aliphatic heterocycles. The van der Waals surface area contributed by atoms with E-state index in [1.165, 1.54) is 4.90 Å². The summed E-state index contributed by atoms with van der Waals surface area (Å²) in [6, 6.07) is -0.234. The Morgan fingerprint density at radius 1 is 1.47 bits per heavy atom. The van der Waals surface area contributed by atoms with Gasteiger partial charge in [0, 0.05) is 12.1 Å². The van der Waals surface area contributed by atoms with E-state index in [4.69, 9.17) is 0 Å². The van der Waals surface area contributed by atoms with Crippen LogP contribution in [0.5, 0.6) is 0 Å². The number of amides is 3. The monoisotopic (exact) mass is 210 g/mol. The molecule has 1 aliphatic carbocycles. The zero-order chi connectivity index (χ0) is 11.2. The topological polar surface area (TPSA) is 49.4 Å². The summed E-state index contributed by atoms with van der Waals surface area (Å²) in [4.78, 5) is 25.3. The Morgan fingerprint density at radius 3 is 2.73 bits per heavy atom. The number of urea groups is 1. The lowest BCUT2D eigenvalue weighted by atomic mass is 9.81. The SMILES string of the molecule is CC(C)N1C(=O)NC2CCCC2(C)C1=O. The molecule has 0 spiro atoms. The third-order valence-electron chi connectivity index (χ3n) is 3.70. The van der Waals surface area contributed by atoms with Crippen LogP contribution in [0.3, 0.4) is 0 Å². The third-order valence-corrected chi connectivity index (χ3v) is 3.70. The molecule has 0 aromatic carbocycles. The first-order valence-corrected chi connectivity index (χ1v) is 5.61. The minimum atomic E-state index is -0.363. The van der Waals surface area contributed by atoms with E-state index in [0.29, 0.717) is 0 Å². The fourth-order valence-corrected chi connectivity index (χ4v) is 2.71. The normalized spacial score (nSPS) is 35.7. The van der Waals surface area contributed by atoms with Crippen LogP contribution in [0.4, 0.5) is 4.79 Å². The third kappa shape index (κ3) is 1.34. The minimum absolute atomic E-state index is 0.00347. The number of nitrogens with one attached hydrogen (secondary N) is 1. The van der Waals surface area contributed by atoms with Gasteiger partial charge in [0.2, 0.25) is 5.91 Å². The molecule has 2 fully saturated rings. The number of carbonyl (C=O) groups is 2. The van der Waals surface area contributed by atoms with Crippen LogP contribution in [0.2, 0.25) is 0 Å². The minimum Gasteiger partial charge on any atom is -0.334 e. The maximum atomic E-state index is 12.2. The zero-order valence-corrected chi connectivity index (χ0v) is 9.54. The zero-order valence-electron chi connectivity index (χ0n) is 9.54. The number of imide groups is 1. The lowest BCUT2D eigenvalue weighted by Gasteiger charge is -2.42. The molecule has 0 radical (unpaired) electrons. The molecule has 2 atom stereocenters. The number of nitrogens with zero attached hydrogens (tertiary/aromatic N) is 1. The Hall–Kier alpha value is -1.06. The van der Waals surface area contributed by atoms with Crippen molar-refractivity contribution in [2.24, 2.45) is 5.41 Å². The summed E-state index contributed by atoms with van der Waals surface area (Å²) in [5.41, 5.74) is -0.363. The first kappa shape index (κ1) is 10.5. The van der Waals surface area contributed by atoms with E-state index in [1.54, 1.807) is 0 Å². The molecule has 4 heteroatoms. The van der Waals surface area contributed by atoms with Crippen LogP contribution in [0.25, 0.3) is 0 Å². The van der Waals surface area contributed by atoms with Crippen molar-refractivity contribution in [2.75, 3.05) is 0 Å². The number of rotatable bonds is 1. The molecule has 1 N–H and O–H groups in total. The molecule has 4 nitrogen and oxygen atoms in total. The van der Waals surface area contributed by atoms with Gasteiger partial charge >= 0.3 is 6.03 Å². The van der Waals surface area contributed by atoms with Gasteiger partial charge in [-0.05, 0) is 33.6 Å². The van der Waals surface area contributed by atoms with E-state index in [2.05, 4.69) is 5.32 Å². The van der Waals surface area contributed by atoms with Crippen LogP contribution >= 0.6 is 0 Å². The fraction of sp³-hybridized carbons (Fsp3) is 0.818. The fourth-order valence-electron chi connectivity index (χ4n) is 2.71. The van der Waals surface area contributed by atoms with Crippen LogP contribution in [0.1, 0.15) is 40.0 Å². The van der Waals surface area contributed by atoms with Crippen molar-refractivity contribution in [3.05, 3.63) is 0 Å². The first-order valence-electron chi connectivity index (χ1n) is 5.61. The van der Waals surface area contributed by atoms with Crippen molar-refractivity contribution < 1.29 is 9.59 Å². The summed E-state index contributed by atoms with van der Waals surface area (Å²) >= 11 is 0. The van der Waals surface area contributed by atoms with Crippen molar-refractivity contribution >= 4 is 11.9 Å². The highest BCUT2D eigenvalue weighted by Gasteiger charge is 2.53. The van der Waals surface area contributed by atoms with E-state index < -0.39 is 0 Å². The molecular formula is C11H18N2O2. The Balaban J connectivity index is 2.32. The van der Waals surface area contributed by atoms with E-state index >= 15 is 0 Å². The summed E-state index contributed by atoms with van der Waals surface area (Å²) in [6.45, 7) is 5.72. The predicted molar refractivity (Wildman–Crippen MR) is 56.3 cm³/mol. The molecule has 2 rings (SSSR count). The summed E-state index contributed by atoms with van der Waals surface area (Å²) in [7, 11) is 0. The van der Waals surface area contributed by atoms with Gasteiger partial charge in [-0.15, -0.1) is 0 Å². The van der Waals surface area contributed by atoms with Gasteiger partial charge in [-0.3, -0.25) is 9.69 Å². The highest BCUT2D eigenvalue weighted by molar-refractivity contribution is 6.01. The molecule has 1 saturated heterocycles. The van der Waals surface area contributed by atoms with E-state index in [-0.39, 0.29) is 29.4 Å². The quantitative estimate of drug-likeness (QED) is 0.713. The van der Waals surface area contributed by atoms with Gasteiger partial charge in [-0.25, -0.2) is 4.79 Å². The van der Waals surface area contributed by atoms with Crippen LogP contribution in [0, 0.1) is 5.41 Å². The van der Waals surface area contributed by atoms with Gasteiger partial charge in [0.15, 0.2) is 0 Å². The largest absolute Gasteiger partial charge is 0.334 e. The standard InChI is InChI=1S/C11H18N2O2/c1-7(2)13-9(14)11(3)6-4-5-8(11)12-10(13)15/h7-8H,4-6H2,1-3H3,(H,12,15). The molecule has 84 valence electrons. The maximum absolute atomic E-state index is 12.2. The highest BCUT2D eigenvalue weighted by atomic mass is 16.2. The maximum Gasteiger partial charge on any atom is 0.324 e. The lowest BCUT2D eigenvalue weighted by molar-refractivity contribution is -0.142. The number of carbonyl (C=O) groups excluding carboxylic acids is 2. The molecule has 2 aliphatic rings. The van der Waals surface area contributed by atoms with Crippen molar-refractivity contribution in [1.82, 2.24) is 10.2 Å². The second-order valence-electron chi connectivity index (χ2n) is 5.08. The van der Waals surface area contributed by atoms with Crippen LogP contribution in [0.15, 0.2) is 0 Å². The Labute approximate surface area is 90.0 Å². The van der Waals surface area contributed by atoms with Gasteiger partial charge in [-0.1, -0.05) is 6.42 Å². The molecule has 15 heavy (non-hydrogen) atoms. The molecule has 1 heterocycles. The number of hydrogen-bond acceptors (Lipinski definition) is 2. The van der Waals surface area contributed by atoms with Crippen molar-refractivity contribution in [3.8, 4) is 0 Å². The van der Waals surface area contributed by atoms with E-state index in [0.717, 1.165) is 19.3 Å². The Morgan fingerprint density at radius 2 is 2.13 bits per heavy atom. The Bertz CT molecular complexity index is 314. The Kier molecular flexibility index (Phi) is 2.24. The van der Waals surface area contributed by atoms with Gasteiger partial charge in [0.25, 0.3) is 0 Å². The predicted octanol–water partition coefficient (Wildman–Crippen LogP) is 1.51. The molecule has 1 saturated carbocycles. The van der Waals surface area contributed by atoms with Crippen molar-refractivity contribution in [1.29, 1.82) is 0 Å².